The number of aryl methyl sites for hydroxylation is 1. The van der Waals surface area contributed by atoms with Crippen LogP contribution in [0.4, 0.5) is 9.52 Å². The zero-order valence-electron chi connectivity index (χ0n) is 15.4. The van der Waals surface area contributed by atoms with Crippen LogP contribution in [0.15, 0.2) is 52.8 Å². The number of halogens is 1. The van der Waals surface area contributed by atoms with Crippen molar-refractivity contribution in [3.05, 3.63) is 81.0 Å². The Bertz CT molecular complexity index is 1030. The van der Waals surface area contributed by atoms with E-state index in [4.69, 9.17) is 0 Å². The normalized spacial score (nSPS) is 10.5. The van der Waals surface area contributed by atoms with Crippen LogP contribution in [-0.4, -0.2) is 28.3 Å². The minimum absolute atomic E-state index is 0.0982. The first-order valence-corrected chi connectivity index (χ1v) is 9.83. The van der Waals surface area contributed by atoms with E-state index in [0.29, 0.717) is 35.8 Å². The number of carbonyl (C=O) groups is 2. The van der Waals surface area contributed by atoms with E-state index in [0.717, 1.165) is 5.56 Å². The van der Waals surface area contributed by atoms with Crippen LogP contribution < -0.4 is 16.2 Å². The largest absolute Gasteiger partial charge is 0.356 e. The predicted molar refractivity (Wildman–Crippen MR) is 109 cm³/mol. The first kappa shape index (κ1) is 20.4. The fourth-order valence-corrected chi connectivity index (χ4v) is 3.27. The van der Waals surface area contributed by atoms with Gasteiger partial charge in [0.25, 0.3) is 5.91 Å². The minimum atomic E-state index is -0.374. The van der Waals surface area contributed by atoms with E-state index >= 15 is 0 Å². The van der Waals surface area contributed by atoms with E-state index in [1.807, 2.05) is 0 Å². The number of amides is 2. The van der Waals surface area contributed by atoms with Crippen LogP contribution >= 0.6 is 11.3 Å². The second-order valence-electron chi connectivity index (χ2n) is 6.27. The smallest absolute Gasteiger partial charge is 0.258 e. The summed E-state index contributed by atoms with van der Waals surface area (Å²) in [6, 6.07) is 8.88. The molecule has 0 fully saturated rings. The van der Waals surface area contributed by atoms with E-state index < -0.39 is 0 Å². The summed E-state index contributed by atoms with van der Waals surface area (Å²) in [5, 5.41) is 7.70. The van der Waals surface area contributed by atoms with Gasteiger partial charge in [0.05, 0.1) is 11.3 Å². The Morgan fingerprint density at radius 2 is 1.90 bits per heavy atom. The lowest BCUT2D eigenvalue weighted by atomic mass is 10.1. The topological polar surface area (TPSA) is 104 Å². The molecule has 2 heterocycles. The molecule has 0 spiro atoms. The van der Waals surface area contributed by atoms with Gasteiger partial charge in [0.15, 0.2) is 5.13 Å². The Kier molecular flexibility index (Phi) is 6.85. The number of anilines is 1. The molecule has 3 N–H and O–H groups in total. The van der Waals surface area contributed by atoms with E-state index in [9.17, 15) is 18.8 Å². The standard InChI is InChI=1S/C20H19FN4O3S/c21-15-4-1-13(2-5-15)9-10-22-17(26)8-6-16-12-29-20(24-16)25-19(28)14-3-7-18(27)23-11-14/h1-5,7,11-12H,6,8-10H2,(H,22,26)(H,23,27)(H,24,25,28). The second kappa shape index (κ2) is 9.74. The fraction of sp³-hybridized carbons (Fsp3) is 0.200. The lowest BCUT2D eigenvalue weighted by Crippen LogP contribution is -2.25. The first-order chi connectivity index (χ1) is 14.0. The molecule has 9 heteroatoms. The molecule has 3 aromatic rings. The molecule has 0 unspecified atom stereocenters. The molecule has 0 atom stereocenters. The molecular weight excluding hydrogens is 395 g/mol. The number of hydrogen-bond donors (Lipinski definition) is 3. The van der Waals surface area contributed by atoms with Gasteiger partial charge in [-0.2, -0.15) is 0 Å². The van der Waals surface area contributed by atoms with Crippen LogP contribution in [0.25, 0.3) is 0 Å². The number of carbonyl (C=O) groups excluding carboxylic acids is 2. The highest BCUT2D eigenvalue weighted by molar-refractivity contribution is 7.14. The van der Waals surface area contributed by atoms with Crippen LogP contribution in [0.1, 0.15) is 28.0 Å². The van der Waals surface area contributed by atoms with Crippen LogP contribution in [0.3, 0.4) is 0 Å². The summed E-state index contributed by atoms with van der Waals surface area (Å²) in [5.41, 5.74) is 1.70. The molecule has 0 aliphatic heterocycles. The third kappa shape index (κ3) is 6.35. The molecule has 150 valence electrons. The van der Waals surface area contributed by atoms with Crippen molar-refractivity contribution >= 4 is 28.3 Å². The number of rotatable bonds is 8. The predicted octanol–water partition coefficient (Wildman–Crippen LogP) is 2.51. The van der Waals surface area contributed by atoms with Gasteiger partial charge in [-0.1, -0.05) is 12.1 Å². The monoisotopic (exact) mass is 414 g/mol. The second-order valence-corrected chi connectivity index (χ2v) is 7.12. The molecule has 0 radical (unpaired) electrons. The van der Waals surface area contributed by atoms with Crippen LogP contribution in [0, 0.1) is 5.82 Å². The van der Waals surface area contributed by atoms with Crippen molar-refractivity contribution in [3.8, 4) is 0 Å². The number of aromatic nitrogens is 2. The van der Waals surface area contributed by atoms with E-state index in [1.165, 1.54) is 41.8 Å². The molecular formula is C20H19FN4O3S. The van der Waals surface area contributed by atoms with Crippen molar-refractivity contribution in [3.63, 3.8) is 0 Å². The number of pyridine rings is 1. The summed E-state index contributed by atoms with van der Waals surface area (Å²) in [5.74, 6) is -0.755. The van der Waals surface area contributed by atoms with Gasteiger partial charge >= 0.3 is 0 Å². The molecule has 3 rings (SSSR count). The molecule has 2 aromatic heterocycles. The first-order valence-electron chi connectivity index (χ1n) is 8.95. The minimum Gasteiger partial charge on any atom is -0.356 e. The summed E-state index contributed by atoms with van der Waals surface area (Å²) in [6.07, 6.45) is 2.69. The summed E-state index contributed by atoms with van der Waals surface area (Å²) < 4.78 is 12.9. The van der Waals surface area contributed by atoms with Crippen molar-refractivity contribution < 1.29 is 14.0 Å². The average molecular weight is 414 g/mol. The van der Waals surface area contributed by atoms with Crippen molar-refractivity contribution in [1.82, 2.24) is 15.3 Å². The van der Waals surface area contributed by atoms with Gasteiger partial charge in [0.1, 0.15) is 5.82 Å². The molecule has 0 saturated carbocycles. The zero-order valence-corrected chi connectivity index (χ0v) is 16.2. The molecule has 0 saturated heterocycles. The summed E-state index contributed by atoms with van der Waals surface area (Å²) >= 11 is 1.27. The fourth-order valence-electron chi connectivity index (χ4n) is 2.53. The van der Waals surface area contributed by atoms with Gasteiger partial charge in [0.2, 0.25) is 11.5 Å². The number of nitrogens with one attached hydrogen (secondary N) is 3. The SMILES string of the molecule is O=C(CCc1csc(NC(=O)c2ccc(=O)[nH]c2)n1)NCCc1ccc(F)cc1. The molecule has 2 amide bonds. The van der Waals surface area contributed by atoms with Crippen molar-refractivity contribution in [2.24, 2.45) is 0 Å². The number of H-pyrrole nitrogens is 1. The maximum atomic E-state index is 12.9. The summed E-state index contributed by atoms with van der Waals surface area (Å²) in [4.78, 5) is 41.8. The van der Waals surface area contributed by atoms with Gasteiger partial charge in [-0.05, 0) is 36.6 Å². The van der Waals surface area contributed by atoms with Crippen molar-refractivity contribution in [2.75, 3.05) is 11.9 Å². The maximum absolute atomic E-state index is 12.9. The Balaban J connectivity index is 1.40. The number of aromatic amines is 1. The third-order valence-corrected chi connectivity index (χ3v) is 4.88. The lowest BCUT2D eigenvalue weighted by molar-refractivity contribution is -0.121. The van der Waals surface area contributed by atoms with E-state index in [-0.39, 0.29) is 29.6 Å². The van der Waals surface area contributed by atoms with Gasteiger partial charge < -0.3 is 10.3 Å². The van der Waals surface area contributed by atoms with Crippen molar-refractivity contribution in [2.45, 2.75) is 19.3 Å². The van der Waals surface area contributed by atoms with E-state index in [1.54, 1.807) is 17.5 Å². The van der Waals surface area contributed by atoms with Gasteiger partial charge in [0, 0.05) is 30.6 Å². The van der Waals surface area contributed by atoms with Gasteiger partial charge in [-0.15, -0.1) is 11.3 Å². The third-order valence-electron chi connectivity index (χ3n) is 4.08. The average Bonchev–Trinajstić information content (AvgIpc) is 3.16. The summed E-state index contributed by atoms with van der Waals surface area (Å²) in [6.45, 7) is 0.474. The van der Waals surface area contributed by atoms with Gasteiger partial charge in [-0.25, -0.2) is 9.37 Å². The summed E-state index contributed by atoms with van der Waals surface area (Å²) in [7, 11) is 0. The van der Waals surface area contributed by atoms with Crippen LogP contribution in [0.2, 0.25) is 0 Å². The van der Waals surface area contributed by atoms with Gasteiger partial charge in [-0.3, -0.25) is 19.7 Å². The Morgan fingerprint density at radius 1 is 1.10 bits per heavy atom. The number of thiazole rings is 1. The Labute approximate surface area is 170 Å². The highest BCUT2D eigenvalue weighted by atomic mass is 32.1. The van der Waals surface area contributed by atoms with E-state index in [2.05, 4.69) is 20.6 Å². The molecule has 1 aromatic carbocycles. The Hall–Kier alpha value is -3.33. The quantitative estimate of drug-likeness (QED) is 0.527. The number of nitrogens with zero attached hydrogens (tertiary/aromatic N) is 1. The Morgan fingerprint density at radius 3 is 2.62 bits per heavy atom. The lowest BCUT2D eigenvalue weighted by Gasteiger charge is -2.05. The maximum Gasteiger partial charge on any atom is 0.258 e. The zero-order chi connectivity index (χ0) is 20.6. The van der Waals surface area contributed by atoms with Crippen LogP contribution in [-0.2, 0) is 17.6 Å². The molecule has 7 nitrogen and oxygen atoms in total. The molecule has 0 aliphatic rings. The number of benzene rings is 1. The molecule has 0 aliphatic carbocycles. The van der Waals surface area contributed by atoms with Crippen molar-refractivity contribution in [1.29, 1.82) is 0 Å². The number of hydrogen-bond acceptors (Lipinski definition) is 5. The van der Waals surface area contributed by atoms with Crippen LogP contribution in [0.5, 0.6) is 0 Å². The highest BCUT2D eigenvalue weighted by Gasteiger charge is 2.10. The molecule has 29 heavy (non-hydrogen) atoms. The highest BCUT2D eigenvalue weighted by Crippen LogP contribution is 2.17. The molecule has 0 bridgehead atoms.